The van der Waals surface area contributed by atoms with Crippen LogP contribution >= 0.6 is 0 Å². The molecule has 1 unspecified atom stereocenters. The van der Waals surface area contributed by atoms with Crippen molar-refractivity contribution in [1.29, 1.82) is 0 Å². The first-order valence-electron chi connectivity index (χ1n) is 7.36. The Morgan fingerprint density at radius 2 is 1.90 bits per heavy atom. The van der Waals surface area contributed by atoms with Gasteiger partial charge >= 0.3 is 6.09 Å². The monoisotopic (exact) mass is 274 g/mol. The summed E-state index contributed by atoms with van der Waals surface area (Å²) in [4.78, 5) is 14.0. The van der Waals surface area contributed by atoms with Crippen molar-refractivity contribution in [3.63, 3.8) is 0 Å². The van der Waals surface area contributed by atoms with Gasteiger partial charge in [0, 0.05) is 11.6 Å². The molecule has 2 fully saturated rings. The van der Waals surface area contributed by atoms with Crippen LogP contribution < -0.4 is 10.2 Å². The first-order chi connectivity index (χ1) is 9.58. The van der Waals surface area contributed by atoms with Crippen molar-refractivity contribution in [3.05, 3.63) is 29.8 Å². The summed E-state index contributed by atoms with van der Waals surface area (Å²) in [5.41, 5.74) is 1.77. The lowest BCUT2D eigenvalue weighted by molar-refractivity contribution is 0.00962. The van der Waals surface area contributed by atoms with Gasteiger partial charge in [-0.15, -0.1) is 0 Å². The van der Waals surface area contributed by atoms with Gasteiger partial charge in [-0.2, -0.15) is 0 Å². The van der Waals surface area contributed by atoms with Crippen molar-refractivity contribution >= 4 is 11.8 Å². The van der Waals surface area contributed by atoms with Crippen LogP contribution in [0.25, 0.3) is 0 Å². The van der Waals surface area contributed by atoms with Crippen molar-refractivity contribution in [3.8, 4) is 0 Å². The number of anilines is 1. The number of rotatable bonds is 2. The van der Waals surface area contributed by atoms with E-state index in [1.165, 1.54) is 5.56 Å². The van der Waals surface area contributed by atoms with Crippen LogP contribution in [0.5, 0.6) is 0 Å². The number of hydrogen-bond acceptors (Lipinski definition) is 3. The normalized spacial score (nSPS) is 27.7. The number of benzene rings is 1. The Morgan fingerprint density at radius 3 is 2.55 bits per heavy atom. The van der Waals surface area contributed by atoms with Gasteiger partial charge < -0.3 is 10.1 Å². The number of piperidine rings is 1. The molecule has 1 atom stereocenters. The second kappa shape index (κ2) is 5.09. The Labute approximate surface area is 120 Å². The molecule has 108 valence electrons. The summed E-state index contributed by atoms with van der Waals surface area (Å²) in [5, 5.41) is 3.36. The zero-order valence-electron chi connectivity index (χ0n) is 12.2. The minimum absolute atomic E-state index is 0.213. The lowest BCUT2D eigenvalue weighted by Gasteiger charge is -2.34. The molecule has 0 bridgehead atoms. The van der Waals surface area contributed by atoms with E-state index in [1.54, 1.807) is 4.90 Å². The van der Waals surface area contributed by atoms with Gasteiger partial charge in [-0.1, -0.05) is 17.7 Å². The molecule has 1 aromatic carbocycles. The van der Waals surface area contributed by atoms with Crippen LogP contribution in [0, 0.1) is 12.8 Å². The highest BCUT2D eigenvalue weighted by molar-refractivity contribution is 5.90. The Bertz CT molecular complexity index is 494. The molecule has 0 spiro atoms. The third-order valence-corrected chi connectivity index (χ3v) is 4.56. The van der Waals surface area contributed by atoms with Crippen LogP contribution in [0.2, 0.25) is 0 Å². The van der Waals surface area contributed by atoms with Crippen LogP contribution in [0.1, 0.15) is 25.3 Å². The number of cyclic esters (lactones) is 1. The van der Waals surface area contributed by atoms with E-state index >= 15 is 0 Å². The Balaban J connectivity index is 1.78. The van der Waals surface area contributed by atoms with Crippen molar-refractivity contribution < 1.29 is 9.53 Å². The summed E-state index contributed by atoms with van der Waals surface area (Å²) in [6.45, 7) is 6.81. The first-order valence-corrected chi connectivity index (χ1v) is 7.36. The number of aryl methyl sites for hydroxylation is 1. The number of carbonyl (C=O) groups excluding carboxylic acids is 1. The lowest BCUT2D eigenvalue weighted by Crippen LogP contribution is -2.44. The zero-order valence-corrected chi connectivity index (χ0v) is 12.2. The topological polar surface area (TPSA) is 41.6 Å². The van der Waals surface area contributed by atoms with Gasteiger partial charge in [-0.05, 0) is 51.9 Å². The highest BCUT2D eigenvalue weighted by Gasteiger charge is 2.47. The number of nitrogens with one attached hydrogen (secondary N) is 1. The van der Waals surface area contributed by atoms with Gasteiger partial charge in [-0.25, -0.2) is 4.79 Å². The Kier molecular flexibility index (Phi) is 3.42. The molecular formula is C16H22N2O2. The zero-order chi connectivity index (χ0) is 14.2. The van der Waals surface area contributed by atoms with Crippen molar-refractivity contribution in [2.75, 3.05) is 24.5 Å². The number of carbonyl (C=O) groups is 1. The molecular weight excluding hydrogens is 252 g/mol. The molecule has 0 aliphatic carbocycles. The molecule has 1 aromatic rings. The van der Waals surface area contributed by atoms with Crippen LogP contribution in [0.3, 0.4) is 0 Å². The predicted octanol–water partition coefficient (Wildman–Crippen LogP) is 2.71. The number of nitrogens with zero attached hydrogens (tertiary/aromatic N) is 1. The first kappa shape index (κ1) is 13.4. The van der Waals surface area contributed by atoms with Crippen LogP contribution in [-0.4, -0.2) is 31.3 Å². The third-order valence-electron chi connectivity index (χ3n) is 4.56. The van der Waals surface area contributed by atoms with Crippen molar-refractivity contribution in [2.45, 2.75) is 32.3 Å². The molecule has 3 rings (SSSR count). The molecule has 4 nitrogen and oxygen atoms in total. The summed E-state index contributed by atoms with van der Waals surface area (Å²) in [5.74, 6) is 0.447. The van der Waals surface area contributed by atoms with E-state index in [-0.39, 0.29) is 11.7 Å². The molecule has 2 aliphatic rings. The van der Waals surface area contributed by atoms with Crippen molar-refractivity contribution in [1.82, 2.24) is 5.32 Å². The fourth-order valence-electron chi connectivity index (χ4n) is 3.23. The molecule has 0 radical (unpaired) electrons. The van der Waals surface area contributed by atoms with Gasteiger partial charge in [0.05, 0.1) is 6.54 Å². The van der Waals surface area contributed by atoms with Gasteiger partial charge in [0.15, 0.2) is 0 Å². The molecule has 0 aromatic heterocycles. The smallest absolute Gasteiger partial charge is 0.415 e. The molecule has 1 N–H and O–H groups in total. The highest BCUT2D eigenvalue weighted by Crippen LogP contribution is 2.37. The van der Waals surface area contributed by atoms with E-state index in [0.29, 0.717) is 12.5 Å². The van der Waals surface area contributed by atoms with Gasteiger partial charge in [-0.3, -0.25) is 4.90 Å². The van der Waals surface area contributed by atoms with Crippen LogP contribution in [-0.2, 0) is 4.74 Å². The molecule has 1 amide bonds. The minimum Gasteiger partial charge on any atom is -0.441 e. The van der Waals surface area contributed by atoms with E-state index in [1.807, 2.05) is 31.2 Å². The van der Waals surface area contributed by atoms with Crippen LogP contribution in [0.4, 0.5) is 10.5 Å². The van der Waals surface area contributed by atoms with Crippen LogP contribution in [0.15, 0.2) is 24.3 Å². The number of hydrogen-bond donors (Lipinski definition) is 1. The molecule has 20 heavy (non-hydrogen) atoms. The van der Waals surface area contributed by atoms with E-state index in [4.69, 9.17) is 4.74 Å². The maximum atomic E-state index is 12.2. The maximum absolute atomic E-state index is 12.2. The summed E-state index contributed by atoms with van der Waals surface area (Å²) < 4.78 is 5.74. The largest absolute Gasteiger partial charge is 0.441 e. The minimum atomic E-state index is -0.357. The number of ether oxygens (including phenoxy) is 1. The second-order valence-corrected chi connectivity index (χ2v) is 6.13. The molecule has 4 heteroatoms. The predicted molar refractivity (Wildman–Crippen MR) is 79.0 cm³/mol. The molecule has 2 saturated heterocycles. The second-order valence-electron chi connectivity index (χ2n) is 6.13. The van der Waals surface area contributed by atoms with Crippen molar-refractivity contribution in [2.24, 2.45) is 5.92 Å². The summed E-state index contributed by atoms with van der Waals surface area (Å²) in [6, 6.07) is 8.04. The van der Waals surface area contributed by atoms with E-state index in [0.717, 1.165) is 31.6 Å². The average Bonchev–Trinajstić information content (AvgIpc) is 2.77. The lowest BCUT2D eigenvalue weighted by atomic mass is 9.82. The summed E-state index contributed by atoms with van der Waals surface area (Å²) in [7, 11) is 0. The van der Waals surface area contributed by atoms with Gasteiger partial charge in [0.25, 0.3) is 0 Å². The Hall–Kier alpha value is -1.55. The fraction of sp³-hybridized carbons (Fsp3) is 0.562. The molecule has 0 saturated carbocycles. The Morgan fingerprint density at radius 1 is 1.25 bits per heavy atom. The SMILES string of the molecule is Cc1ccc(N2CC(C)(C3CCNCC3)OC2=O)cc1. The van der Waals surface area contributed by atoms with E-state index < -0.39 is 0 Å². The summed E-state index contributed by atoms with van der Waals surface area (Å²) >= 11 is 0. The highest BCUT2D eigenvalue weighted by atomic mass is 16.6. The summed E-state index contributed by atoms with van der Waals surface area (Å²) in [6.07, 6.45) is 1.94. The average molecular weight is 274 g/mol. The standard InChI is InChI=1S/C16H22N2O2/c1-12-3-5-14(6-4-12)18-11-16(2,20-15(18)19)13-7-9-17-10-8-13/h3-6,13,17H,7-11H2,1-2H3. The van der Waals surface area contributed by atoms with E-state index in [2.05, 4.69) is 12.2 Å². The third kappa shape index (κ3) is 2.40. The van der Waals surface area contributed by atoms with Gasteiger partial charge in [0.2, 0.25) is 0 Å². The van der Waals surface area contributed by atoms with Gasteiger partial charge in [0.1, 0.15) is 5.60 Å². The molecule has 2 aliphatic heterocycles. The molecule has 2 heterocycles. The van der Waals surface area contributed by atoms with E-state index in [9.17, 15) is 4.79 Å². The quantitative estimate of drug-likeness (QED) is 0.901. The number of amides is 1. The maximum Gasteiger partial charge on any atom is 0.415 e. The fourth-order valence-corrected chi connectivity index (χ4v) is 3.23.